The SMILES string of the molecule is CCC(CO)(CCCN1CCCCCC1)NC(C)C. The van der Waals surface area contributed by atoms with E-state index in [-0.39, 0.29) is 12.1 Å². The van der Waals surface area contributed by atoms with Gasteiger partial charge in [-0.25, -0.2) is 0 Å². The van der Waals surface area contributed by atoms with Gasteiger partial charge in [-0.2, -0.15) is 0 Å². The molecule has 0 bridgehead atoms. The summed E-state index contributed by atoms with van der Waals surface area (Å²) in [5.41, 5.74) is -0.0694. The fraction of sp³-hybridized carbons (Fsp3) is 1.00. The molecule has 0 aromatic heterocycles. The first-order valence-electron chi connectivity index (χ1n) is 8.23. The van der Waals surface area contributed by atoms with Crippen molar-refractivity contribution in [2.24, 2.45) is 0 Å². The second-order valence-electron chi connectivity index (χ2n) is 6.45. The lowest BCUT2D eigenvalue weighted by Gasteiger charge is -2.35. The quantitative estimate of drug-likeness (QED) is 0.712. The molecule has 0 aliphatic carbocycles. The Bertz CT molecular complexity index is 219. The van der Waals surface area contributed by atoms with Crippen LogP contribution in [0.2, 0.25) is 0 Å². The number of rotatable bonds is 8. The third kappa shape index (κ3) is 6.24. The van der Waals surface area contributed by atoms with Crippen molar-refractivity contribution in [3.63, 3.8) is 0 Å². The smallest absolute Gasteiger partial charge is 0.0613 e. The average Bonchev–Trinajstić information content (AvgIpc) is 2.66. The molecule has 1 rings (SSSR count). The highest BCUT2D eigenvalue weighted by molar-refractivity contribution is 4.87. The molecule has 1 fully saturated rings. The molecule has 0 spiro atoms. The zero-order chi connectivity index (χ0) is 14.1. The minimum absolute atomic E-state index is 0.0694. The summed E-state index contributed by atoms with van der Waals surface area (Å²) in [6.45, 7) is 10.5. The fourth-order valence-corrected chi connectivity index (χ4v) is 3.20. The van der Waals surface area contributed by atoms with Crippen LogP contribution in [0.15, 0.2) is 0 Å². The maximum absolute atomic E-state index is 9.73. The van der Waals surface area contributed by atoms with Crippen LogP contribution in [0.5, 0.6) is 0 Å². The molecule has 1 heterocycles. The third-order valence-corrected chi connectivity index (χ3v) is 4.40. The highest BCUT2D eigenvalue weighted by Gasteiger charge is 2.27. The second-order valence-corrected chi connectivity index (χ2v) is 6.45. The Hall–Kier alpha value is -0.120. The van der Waals surface area contributed by atoms with Gasteiger partial charge in [0.1, 0.15) is 0 Å². The van der Waals surface area contributed by atoms with Crippen LogP contribution in [0.3, 0.4) is 0 Å². The lowest BCUT2D eigenvalue weighted by Crippen LogP contribution is -2.51. The standard InChI is InChI=1S/C16H34N2O/c1-4-16(14-19,17-15(2)3)10-9-13-18-11-7-5-6-8-12-18/h15,17,19H,4-14H2,1-3H3. The molecule has 1 unspecified atom stereocenters. The van der Waals surface area contributed by atoms with Gasteiger partial charge in [0, 0.05) is 11.6 Å². The lowest BCUT2D eigenvalue weighted by atomic mass is 9.90. The number of likely N-dealkylation sites (tertiary alicyclic amines) is 1. The summed E-state index contributed by atoms with van der Waals surface area (Å²) < 4.78 is 0. The van der Waals surface area contributed by atoms with E-state index in [0.717, 1.165) is 12.8 Å². The molecule has 0 saturated carbocycles. The number of nitrogens with one attached hydrogen (secondary N) is 1. The van der Waals surface area contributed by atoms with E-state index in [1.807, 2.05) is 0 Å². The van der Waals surface area contributed by atoms with Crippen LogP contribution in [0, 0.1) is 0 Å². The molecular weight excluding hydrogens is 236 g/mol. The maximum atomic E-state index is 9.73. The van der Waals surface area contributed by atoms with Crippen molar-refractivity contribution in [1.82, 2.24) is 10.2 Å². The first kappa shape index (κ1) is 16.9. The summed E-state index contributed by atoms with van der Waals surface area (Å²) in [4.78, 5) is 2.61. The van der Waals surface area contributed by atoms with E-state index in [9.17, 15) is 5.11 Å². The predicted octanol–water partition coefficient (Wildman–Crippen LogP) is 2.78. The number of nitrogens with zero attached hydrogens (tertiary/aromatic N) is 1. The second kappa shape index (κ2) is 8.93. The molecule has 0 radical (unpaired) electrons. The summed E-state index contributed by atoms with van der Waals surface area (Å²) in [7, 11) is 0. The first-order chi connectivity index (χ1) is 9.12. The van der Waals surface area contributed by atoms with E-state index in [0.29, 0.717) is 6.04 Å². The lowest BCUT2D eigenvalue weighted by molar-refractivity contribution is 0.130. The minimum Gasteiger partial charge on any atom is -0.394 e. The number of aliphatic hydroxyl groups is 1. The zero-order valence-corrected chi connectivity index (χ0v) is 13.2. The molecule has 3 heteroatoms. The van der Waals surface area contributed by atoms with Gasteiger partial charge in [0.15, 0.2) is 0 Å². The number of hydrogen-bond donors (Lipinski definition) is 2. The van der Waals surface area contributed by atoms with Crippen molar-refractivity contribution < 1.29 is 5.11 Å². The first-order valence-corrected chi connectivity index (χ1v) is 8.23. The van der Waals surface area contributed by atoms with Gasteiger partial charge in [-0.3, -0.25) is 0 Å². The van der Waals surface area contributed by atoms with Crippen LogP contribution in [0.25, 0.3) is 0 Å². The van der Waals surface area contributed by atoms with Crippen LogP contribution in [-0.2, 0) is 0 Å². The van der Waals surface area contributed by atoms with Gasteiger partial charge in [-0.05, 0) is 51.7 Å². The molecule has 3 nitrogen and oxygen atoms in total. The van der Waals surface area contributed by atoms with Crippen molar-refractivity contribution in [3.05, 3.63) is 0 Å². The van der Waals surface area contributed by atoms with Crippen LogP contribution >= 0.6 is 0 Å². The monoisotopic (exact) mass is 270 g/mol. The summed E-state index contributed by atoms with van der Waals surface area (Å²) in [5, 5.41) is 13.3. The van der Waals surface area contributed by atoms with Gasteiger partial charge >= 0.3 is 0 Å². The van der Waals surface area contributed by atoms with Crippen molar-refractivity contribution >= 4 is 0 Å². The van der Waals surface area contributed by atoms with Crippen LogP contribution in [-0.4, -0.2) is 47.8 Å². The predicted molar refractivity (Wildman–Crippen MR) is 82.5 cm³/mol. The van der Waals surface area contributed by atoms with E-state index in [4.69, 9.17) is 0 Å². The Kier molecular flexibility index (Phi) is 7.96. The van der Waals surface area contributed by atoms with Crippen LogP contribution in [0.1, 0.15) is 65.7 Å². The molecular formula is C16H34N2O. The Morgan fingerprint density at radius 2 is 1.79 bits per heavy atom. The molecule has 1 aliphatic rings. The molecule has 0 aromatic rings. The minimum atomic E-state index is -0.0694. The molecule has 0 aromatic carbocycles. The molecule has 2 N–H and O–H groups in total. The third-order valence-electron chi connectivity index (χ3n) is 4.40. The average molecular weight is 270 g/mol. The highest BCUT2D eigenvalue weighted by Crippen LogP contribution is 2.19. The summed E-state index contributed by atoms with van der Waals surface area (Å²) in [5.74, 6) is 0. The Morgan fingerprint density at radius 3 is 2.26 bits per heavy atom. The number of hydrogen-bond acceptors (Lipinski definition) is 3. The van der Waals surface area contributed by atoms with E-state index in [1.54, 1.807) is 0 Å². The molecule has 0 amide bonds. The zero-order valence-electron chi connectivity index (χ0n) is 13.2. The van der Waals surface area contributed by atoms with Crippen LogP contribution < -0.4 is 5.32 Å². The van der Waals surface area contributed by atoms with Gasteiger partial charge in [-0.1, -0.05) is 33.6 Å². The van der Waals surface area contributed by atoms with Gasteiger partial charge in [0.25, 0.3) is 0 Å². The van der Waals surface area contributed by atoms with Crippen molar-refractivity contribution in [3.8, 4) is 0 Å². The molecule has 114 valence electrons. The van der Waals surface area contributed by atoms with Gasteiger partial charge in [-0.15, -0.1) is 0 Å². The van der Waals surface area contributed by atoms with Gasteiger partial charge in [0.05, 0.1) is 6.61 Å². The molecule has 1 aliphatic heterocycles. The summed E-state index contributed by atoms with van der Waals surface area (Å²) in [6, 6.07) is 0.435. The van der Waals surface area contributed by atoms with Gasteiger partial charge in [0.2, 0.25) is 0 Å². The Balaban J connectivity index is 2.34. The topological polar surface area (TPSA) is 35.5 Å². The van der Waals surface area contributed by atoms with E-state index >= 15 is 0 Å². The normalized spacial score (nSPS) is 21.3. The number of aliphatic hydroxyl groups excluding tert-OH is 1. The van der Waals surface area contributed by atoms with Gasteiger partial charge < -0.3 is 15.3 Å². The fourth-order valence-electron chi connectivity index (χ4n) is 3.20. The summed E-state index contributed by atoms with van der Waals surface area (Å²) in [6.07, 6.45) is 8.80. The van der Waals surface area contributed by atoms with E-state index in [1.165, 1.54) is 51.7 Å². The van der Waals surface area contributed by atoms with Crippen molar-refractivity contribution in [2.75, 3.05) is 26.2 Å². The summed E-state index contributed by atoms with van der Waals surface area (Å²) >= 11 is 0. The maximum Gasteiger partial charge on any atom is 0.0613 e. The molecule has 1 atom stereocenters. The van der Waals surface area contributed by atoms with E-state index in [2.05, 4.69) is 31.0 Å². The molecule has 19 heavy (non-hydrogen) atoms. The Morgan fingerprint density at radius 1 is 1.16 bits per heavy atom. The van der Waals surface area contributed by atoms with Crippen molar-refractivity contribution in [1.29, 1.82) is 0 Å². The van der Waals surface area contributed by atoms with Crippen molar-refractivity contribution in [2.45, 2.75) is 77.3 Å². The highest BCUT2D eigenvalue weighted by atomic mass is 16.3. The Labute approximate surface area is 119 Å². The van der Waals surface area contributed by atoms with E-state index < -0.39 is 0 Å². The molecule has 1 saturated heterocycles. The van der Waals surface area contributed by atoms with Crippen LogP contribution in [0.4, 0.5) is 0 Å². The largest absolute Gasteiger partial charge is 0.394 e.